The van der Waals surface area contributed by atoms with E-state index in [0.29, 0.717) is 24.0 Å². The summed E-state index contributed by atoms with van der Waals surface area (Å²) in [7, 11) is 0. The maximum atomic E-state index is 12.7. The van der Waals surface area contributed by atoms with Gasteiger partial charge in [0.2, 0.25) is 0 Å². The van der Waals surface area contributed by atoms with E-state index >= 15 is 0 Å². The zero-order chi connectivity index (χ0) is 17.1. The van der Waals surface area contributed by atoms with Gasteiger partial charge in [0.05, 0.1) is 0 Å². The average Bonchev–Trinajstić information content (AvgIpc) is 2.77. The lowest BCUT2D eigenvalue weighted by atomic mass is 9.54. The van der Waals surface area contributed by atoms with Crippen molar-refractivity contribution in [3.05, 3.63) is 29.3 Å². The van der Waals surface area contributed by atoms with E-state index in [4.69, 9.17) is 0 Å². The first-order valence-electron chi connectivity index (χ1n) is 8.97. The van der Waals surface area contributed by atoms with Gasteiger partial charge in [-0.05, 0) is 72.6 Å². The van der Waals surface area contributed by atoms with E-state index in [1.165, 1.54) is 11.1 Å². The summed E-state index contributed by atoms with van der Waals surface area (Å²) < 4.78 is 0. The minimum Gasteiger partial charge on any atom is -0.508 e. The molecule has 1 aromatic carbocycles. The first kappa shape index (κ1) is 15.7. The standard InChI is InChI=1S/C20H24O4/c1-20-7-6-15-14-5-3-13(21)8-11(14)2-4-16(15)19(20)12(9-17(20)22)10-18(23)24/h3,5,8,12,15-16,19,21H,2,4,6-7,9-10H2,1H3,(H,23,24)/t12?,15-,16-,19+,20-/m1/s1. The molecule has 0 heterocycles. The van der Waals surface area contributed by atoms with Gasteiger partial charge in [-0.25, -0.2) is 0 Å². The SMILES string of the molecule is C[C@]12CC[C@@H]3c4ccc(O)cc4CC[C@H]3[C@@H]1C(CC(=O)O)CC2=O. The van der Waals surface area contributed by atoms with Crippen LogP contribution in [0, 0.1) is 23.2 Å². The predicted molar refractivity (Wildman–Crippen MR) is 88.9 cm³/mol. The summed E-state index contributed by atoms with van der Waals surface area (Å²) in [6.07, 6.45) is 4.28. The Labute approximate surface area is 141 Å². The molecule has 4 rings (SSSR count). The lowest BCUT2D eigenvalue weighted by molar-refractivity contribution is -0.139. The van der Waals surface area contributed by atoms with Gasteiger partial charge in [0.1, 0.15) is 11.5 Å². The Morgan fingerprint density at radius 2 is 2.12 bits per heavy atom. The number of ketones is 1. The lowest BCUT2D eigenvalue weighted by Crippen LogP contribution is -2.44. The summed E-state index contributed by atoms with van der Waals surface area (Å²) in [4.78, 5) is 24.0. The Balaban J connectivity index is 1.72. The van der Waals surface area contributed by atoms with Gasteiger partial charge < -0.3 is 10.2 Å². The maximum Gasteiger partial charge on any atom is 0.303 e. The second-order valence-electron chi connectivity index (χ2n) is 8.16. The fourth-order valence-corrected chi connectivity index (χ4v) is 6.04. The molecule has 5 atom stereocenters. The molecule has 0 amide bonds. The van der Waals surface area contributed by atoms with E-state index in [1.54, 1.807) is 6.07 Å². The Bertz CT molecular complexity index is 710. The number of fused-ring (bicyclic) bond motifs is 5. The molecule has 4 nitrogen and oxygen atoms in total. The van der Waals surface area contributed by atoms with E-state index in [1.807, 2.05) is 12.1 Å². The fourth-order valence-electron chi connectivity index (χ4n) is 6.04. The normalized spacial score (nSPS) is 37.5. The summed E-state index contributed by atoms with van der Waals surface area (Å²) in [5.41, 5.74) is 2.19. The molecule has 2 saturated carbocycles. The molecule has 0 bridgehead atoms. The average molecular weight is 328 g/mol. The summed E-state index contributed by atoms with van der Waals surface area (Å²) >= 11 is 0. The van der Waals surface area contributed by atoms with Crippen molar-refractivity contribution in [2.45, 2.75) is 51.4 Å². The summed E-state index contributed by atoms with van der Waals surface area (Å²) in [5.74, 6) is 0.737. The Hall–Kier alpha value is -1.84. The highest BCUT2D eigenvalue weighted by molar-refractivity contribution is 5.88. The molecule has 0 radical (unpaired) electrons. The van der Waals surface area contributed by atoms with E-state index < -0.39 is 5.97 Å². The molecular weight excluding hydrogens is 304 g/mol. The van der Waals surface area contributed by atoms with E-state index in [2.05, 4.69) is 6.92 Å². The minimum atomic E-state index is -0.791. The molecule has 3 aliphatic carbocycles. The molecule has 0 aromatic heterocycles. The van der Waals surface area contributed by atoms with E-state index in [9.17, 15) is 19.8 Å². The molecular formula is C20H24O4. The van der Waals surface area contributed by atoms with Gasteiger partial charge in [-0.1, -0.05) is 13.0 Å². The number of benzene rings is 1. The number of aliphatic carboxylic acids is 1. The number of aryl methyl sites for hydroxylation is 1. The van der Waals surface area contributed by atoms with Crippen molar-refractivity contribution >= 4 is 11.8 Å². The minimum absolute atomic E-state index is 0.0218. The van der Waals surface area contributed by atoms with Crippen molar-refractivity contribution in [3.63, 3.8) is 0 Å². The molecule has 0 spiro atoms. The monoisotopic (exact) mass is 328 g/mol. The quantitative estimate of drug-likeness (QED) is 0.871. The van der Waals surface area contributed by atoms with Gasteiger partial charge >= 0.3 is 5.97 Å². The highest BCUT2D eigenvalue weighted by Crippen LogP contribution is 2.62. The van der Waals surface area contributed by atoms with Crippen molar-refractivity contribution < 1.29 is 19.8 Å². The zero-order valence-corrected chi connectivity index (χ0v) is 14.0. The highest BCUT2D eigenvalue weighted by Gasteiger charge is 2.58. The summed E-state index contributed by atoms with van der Waals surface area (Å²) in [6.45, 7) is 2.07. The second-order valence-corrected chi connectivity index (χ2v) is 8.16. The number of Topliss-reactive ketones (excluding diaryl/α,β-unsaturated/α-hetero) is 1. The smallest absolute Gasteiger partial charge is 0.303 e. The van der Waals surface area contributed by atoms with Crippen LogP contribution < -0.4 is 0 Å². The van der Waals surface area contributed by atoms with Crippen LogP contribution in [0.4, 0.5) is 0 Å². The summed E-state index contributed by atoms with van der Waals surface area (Å²) in [6, 6.07) is 5.66. The van der Waals surface area contributed by atoms with Crippen molar-refractivity contribution in [1.82, 2.24) is 0 Å². The molecule has 2 N–H and O–H groups in total. The number of hydrogen-bond acceptors (Lipinski definition) is 3. The van der Waals surface area contributed by atoms with Crippen LogP contribution in [0.3, 0.4) is 0 Å². The molecule has 3 aliphatic rings. The number of phenolic OH excluding ortho intramolecular Hbond substituents is 1. The molecule has 0 saturated heterocycles. The van der Waals surface area contributed by atoms with Gasteiger partial charge in [-0.2, -0.15) is 0 Å². The van der Waals surface area contributed by atoms with E-state index in [0.717, 1.165) is 25.7 Å². The molecule has 24 heavy (non-hydrogen) atoms. The van der Waals surface area contributed by atoms with Crippen LogP contribution >= 0.6 is 0 Å². The Morgan fingerprint density at radius 3 is 2.88 bits per heavy atom. The predicted octanol–water partition coefficient (Wildman–Crippen LogP) is 3.52. The first-order chi connectivity index (χ1) is 11.4. The molecule has 128 valence electrons. The van der Waals surface area contributed by atoms with Crippen molar-refractivity contribution in [1.29, 1.82) is 0 Å². The fraction of sp³-hybridized carbons (Fsp3) is 0.600. The number of rotatable bonds is 2. The molecule has 0 aliphatic heterocycles. The lowest BCUT2D eigenvalue weighted by Gasteiger charge is -2.49. The number of phenols is 1. The second kappa shape index (κ2) is 5.33. The number of aromatic hydroxyl groups is 1. The zero-order valence-electron chi connectivity index (χ0n) is 14.0. The molecule has 1 aromatic rings. The Kier molecular flexibility index (Phi) is 3.48. The largest absolute Gasteiger partial charge is 0.508 e. The van der Waals surface area contributed by atoms with Gasteiger partial charge in [0, 0.05) is 18.3 Å². The topological polar surface area (TPSA) is 74.6 Å². The van der Waals surface area contributed by atoms with Crippen LogP contribution in [0.5, 0.6) is 5.75 Å². The first-order valence-corrected chi connectivity index (χ1v) is 8.97. The van der Waals surface area contributed by atoms with Crippen LogP contribution in [-0.2, 0) is 16.0 Å². The van der Waals surface area contributed by atoms with Crippen LogP contribution in [0.1, 0.15) is 56.1 Å². The number of hydrogen-bond donors (Lipinski definition) is 2. The maximum absolute atomic E-state index is 12.7. The Morgan fingerprint density at radius 1 is 1.33 bits per heavy atom. The number of carbonyl (C=O) groups excluding carboxylic acids is 1. The number of carbonyl (C=O) groups is 2. The van der Waals surface area contributed by atoms with Crippen LogP contribution in [0.15, 0.2) is 18.2 Å². The van der Waals surface area contributed by atoms with E-state index in [-0.39, 0.29) is 29.5 Å². The van der Waals surface area contributed by atoms with Crippen LogP contribution in [-0.4, -0.2) is 22.0 Å². The van der Waals surface area contributed by atoms with Gasteiger partial charge in [-0.3, -0.25) is 9.59 Å². The third-order valence-electron chi connectivity index (χ3n) is 6.99. The third-order valence-corrected chi connectivity index (χ3v) is 6.99. The van der Waals surface area contributed by atoms with Gasteiger partial charge in [0.25, 0.3) is 0 Å². The third kappa shape index (κ3) is 2.19. The number of carboxylic acid groups (broad SMARTS) is 1. The van der Waals surface area contributed by atoms with Crippen molar-refractivity contribution in [2.75, 3.05) is 0 Å². The van der Waals surface area contributed by atoms with Gasteiger partial charge in [-0.15, -0.1) is 0 Å². The van der Waals surface area contributed by atoms with Crippen LogP contribution in [0.2, 0.25) is 0 Å². The number of carboxylic acids is 1. The molecule has 2 fully saturated rings. The van der Waals surface area contributed by atoms with Crippen LogP contribution in [0.25, 0.3) is 0 Å². The van der Waals surface area contributed by atoms with Crippen molar-refractivity contribution in [2.24, 2.45) is 23.2 Å². The molecule has 4 heteroatoms. The van der Waals surface area contributed by atoms with Crippen molar-refractivity contribution in [3.8, 4) is 5.75 Å². The summed E-state index contributed by atoms with van der Waals surface area (Å²) in [5, 5.41) is 19.0. The van der Waals surface area contributed by atoms with Gasteiger partial charge in [0.15, 0.2) is 0 Å². The molecule has 1 unspecified atom stereocenters. The highest BCUT2D eigenvalue weighted by atomic mass is 16.4.